The number of benzene rings is 1. The summed E-state index contributed by atoms with van der Waals surface area (Å²) in [6.45, 7) is 4.77. The number of alkyl carbamates (subject to hydrolysis) is 1. The van der Waals surface area contributed by atoms with E-state index in [0.29, 0.717) is 5.56 Å². The van der Waals surface area contributed by atoms with Crippen LogP contribution in [-0.4, -0.2) is 29.4 Å². The average molecular weight is 287 g/mol. The van der Waals surface area contributed by atoms with Gasteiger partial charge in [-0.3, -0.25) is 0 Å². The summed E-state index contributed by atoms with van der Waals surface area (Å²) in [5, 5.41) is 11.7. The summed E-state index contributed by atoms with van der Waals surface area (Å²) < 4.78 is 31.2. The van der Waals surface area contributed by atoms with Gasteiger partial charge in [-0.05, 0) is 44.9 Å². The van der Waals surface area contributed by atoms with Crippen LogP contribution in [0.3, 0.4) is 0 Å². The van der Waals surface area contributed by atoms with Crippen molar-refractivity contribution in [1.82, 2.24) is 5.32 Å². The van der Waals surface area contributed by atoms with E-state index in [4.69, 9.17) is 4.74 Å². The Bertz CT molecular complexity index is 452. The first kappa shape index (κ1) is 16.4. The predicted octanol–water partition coefficient (Wildman–Crippen LogP) is 2.39. The maximum atomic E-state index is 13.1. The van der Waals surface area contributed by atoms with Gasteiger partial charge >= 0.3 is 6.09 Å². The number of aliphatic hydroxyl groups is 1. The summed E-state index contributed by atoms with van der Waals surface area (Å²) >= 11 is 0. The number of amides is 1. The molecule has 0 aliphatic heterocycles. The molecule has 112 valence electrons. The van der Waals surface area contributed by atoms with Crippen molar-refractivity contribution in [1.29, 1.82) is 0 Å². The van der Waals surface area contributed by atoms with Gasteiger partial charge < -0.3 is 15.2 Å². The lowest BCUT2D eigenvalue weighted by Crippen LogP contribution is -2.42. The highest BCUT2D eigenvalue weighted by Gasteiger charge is 2.19. The molecule has 1 unspecified atom stereocenters. The molecule has 0 spiro atoms. The Kier molecular flexibility index (Phi) is 5.44. The average Bonchev–Trinajstić information content (AvgIpc) is 2.23. The fourth-order valence-electron chi connectivity index (χ4n) is 1.65. The molecule has 4 nitrogen and oxygen atoms in total. The highest BCUT2D eigenvalue weighted by Crippen LogP contribution is 2.11. The Balaban J connectivity index is 2.65. The van der Waals surface area contributed by atoms with E-state index in [0.717, 1.165) is 18.2 Å². The molecule has 6 heteroatoms. The smallest absolute Gasteiger partial charge is 0.407 e. The first-order valence-corrected chi connectivity index (χ1v) is 6.25. The van der Waals surface area contributed by atoms with Crippen LogP contribution in [0.4, 0.5) is 13.6 Å². The van der Waals surface area contributed by atoms with E-state index in [9.17, 15) is 18.7 Å². The monoisotopic (exact) mass is 287 g/mol. The molecule has 0 saturated carbocycles. The van der Waals surface area contributed by atoms with Crippen molar-refractivity contribution in [2.75, 3.05) is 6.61 Å². The third-order valence-corrected chi connectivity index (χ3v) is 2.35. The summed E-state index contributed by atoms with van der Waals surface area (Å²) in [5.41, 5.74) is -0.313. The largest absolute Gasteiger partial charge is 0.444 e. The molecular formula is C14H19F2NO3. The van der Waals surface area contributed by atoms with Crippen LogP contribution in [0.25, 0.3) is 0 Å². The first-order chi connectivity index (χ1) is 9.19. The van der Waals surface area contributed by atoms with Crippen LogP contribution in [0.5, 0.6) is 0 Å². The quantitative estimate of drug-likeness (QED) is 0.894. The third-order valence-electron chi connectivity index (χ3n) is 2.35. The van der Waals surface area contributed by atoms with Crippen LogP contribution in [0, 0.1) is 11.6 Å². The van der Waals surface area contributed by atoms with Gasteiger partial charge in [-0.25, -0.2) is 13.6 Å². The van der Waals surface area contributed by atoms with Gasteiger partial charge in [0.05, 0.1) is 12.6 Å². The number of ether oxygens (including phenoxy) is 1. The van der Waals surface area contributed by atoms with Crippen LogP contribution < -0.4 is 5.32 Å². The van der Waals surface area contributed by atoms with Crippen LogP contribution in [0.15, 0.2) is 18.2 Å². The second kappa shape index (κ2) is 6.65. The zero-order valence-corrected chi connectivity index (χ0v) is 11.7. The molecule has 0 aliphatic rings. The molecule has 1 aromatic carbocycles. The minimum Gasteiger partial charge on any atom is -0.444 e. The van der Waals surface area contributed by atoms with Gasteiger partial charge in [0.2, 0.25) is 0 Å². The van der Waals surface area contributed by atoms with E-state index >= 15 is 0 Å². The number of rotatable bonds is 4. The van der Waals surface area contributed by atoms with Crippen molar-refractivity contribution in [3.8, 4) is 0 Å². The number of hydrogen-bond donors (Lipinski definition) is 2. The van der Waals surface area contributed by atoms with E-state index < -0.39 is 29.4 Å². The van der Waals surface area contributed by atoms with Crippen molar-refractivity contribution in [3.05, 3.63) is 35.4 Å². The molecule has 0 aliphatic carbocycles. The molecule has 0 saturated heterocycles. The highest BCUT2D eigenvalue weighted by molar-refractivity contribution is 5.68. The fourth-order valence-corrected chi connectivity index (χ4v) is 1.65. The Hall–Kier alpha value is -1.69. The Morgan fingerprint density at radius 2 is 1.85 bits per heavy atom. The van der Waals surface area contributed by atoms with E-state index in [1.165, 1.54) is 0 Å². The molecular weight excluding hydrogens is 268 g/mol. The summed E-state index contributed by atoms with van der Waals surface area (Å²) in [4.78, 5) is 11.6. The Labute approximate surface area is 116 Å². The number of carbonyl (C=O) groups excluding carboxylic acids is 1. The third kappa shape index (κ3) is 5.97. The minimum absolute atomic E-state index is 0.102. The molecule has 0 bridgehead atoms. The SMILES string of the molecule is CC(C)(C)OC(=O)NC(CO)Cc1cc(F)cc(F)c1. The van der Waals surface area contributed by atoms with E-state index in [1.54, 1.807) is 20.8 Å². The molecule has 1 aromatic rings. The Morgan fingerprint density at radius 1 is 1.30 bits per heavy atom. The number of nitrogens with one attached hydrogen (secondary N) is 1. The summed E-state index contributed by atoms with van der Waals surface area (Å²) in [6, 6.07) is 2.40. The van der Waals surface area contributed by atoms with E-state index in [-0.39, 0.29) is 13.0 Å². The van der Waals surface area contributed by atoms with Gasteiger partial charge in [-0.2, -0.15) is 0 Å². The predicted molar refractivity (Wildman–Crippen MR) is 70.3 cm³/mol. The molecule has 20 heavy (non-hydrogen) atoms. The van der Waals surface area contributed by atoms with Crippen LogP contribution in [0.1, 0.15) is 26.3 Å². The van der Waals surface area contributed by atoms with E-state index in [2.05, 4.69) is 5.32 Å². The summed E-state index contributed by atoms with van der Waals surface area (Å²) in [5.74, 6) is -1.40. The standard InChI is InChI=1S/C14H19F2NO3/c1-14(2,3)20-13(19)17-12(8-18)6-9-4-10(15)7-11(16)5-9/h4-5,7,12,18H,6,8H2,1-3H3,(H,17,19). The van der Waals surface area contributed by atoms with Crippen molar-refractivity contribution < 1.29 is 23.4 Å². The second-order valence-electron chi connectivity index (χ2n) is 5.51. The molecule has 0 fully saturated rings. The lowest BCUT2D eigenvalue weighted by atomic mass is 10.1. The first-order valence-electron chi connectivity index (χ1n) is 6.25. The molecule has 2 N–H and O–H groups in total. The molecule has 0 radical (unpaired) electrons. The summed E-state index contributed by atoms with van der Waals surface area (Å²) in [6.07, 6.45) is -0.585. The van der Waals surface area contributed by atoms with Gasteiger partial charge in [0.15, 0.2) is 0 Å². The number of hydrogen-bond acceptors (Lipinski definition) is 3. The molecule has 1 amide bonds. The van der Waals surface area contributed by atoms with Crippen molar-refractivity contribution in [2.24, 2.45) is 0 Å². The van der Waals surface area contributed by atoms with Crippen LogP contribution in [-0.2, 0) is 11.2 Å². The lowest BCUT2D eigenvalue weighted by Gasteiger charge is -2.22. The number of halogens is 2. The maximum absolute atomic E-state index is 13.1. The molecule has 0 heterocycles. The van der Waals surface area contributed by atoms with Crippen molar-refractivity contribution in [3.63, 3.8) is 0 Å². The molecule has 1 atom stereocenters. The van der Waals surface area contributed by atoms with Gasteiger partial charge in [-0.1, -0.05) is 0 Å². The van der Waals surface area contributed by atoms with Gasteiger partial charge in [0.1, 0.15) is 17.2 Å². The Morgan fingerprint density at radius 3 is 2.30 bits per heavy atom. The van der Waals surface area contributed by atoms with Gasteiger partial charge in [0.25, 0.3) is 0 Å². The molecule has 0 aromatic heterocycles. The topological polar surface area (TPSA) is 58.6 Å². The number of carbonyl (C=O) groups is 1. The van der Waals surface area contributed by atoms with E-state index in [1.807, 2.05) is 0 Å². The number of aliphatic hydroxyl groups excluding tert-OH is 1. The fraction of sp³-hybridized carbons (Fsp3) is 0.500. The second-order valence-corrected chi connectivity index (χ2v) is 5.51. The van der Waals surface area contributed by atoms with Crippen LogP contribution >= 0.6 is 0 Å². The minimum atomic E-state index is -0.700. The zero-order chi connectivity index (χ0) is 15.3. The molecule has 1 rings (SSSR count). The van der Waals surface area contributed by atoms with Crippen molar-refractivity contribution in [2.45, 2.75) is 38.8 Å². The van der Waals surface area contributed by atoms with Crippen LogP contribution in [0.2, 0.25) is 0 Å². The lowest BCUT2D eigenvalue weighted by molar-refractivity contribution is 0.0483. The zero-order valence-electron chi connectivity index (χ0n) is 11.7. The maximum Gasteiger partial charge on any atom is 0.407 e. The van der Waals surface area contributed by atoms with Gasteiger partial charge in [0, 0.05) is 6.07 Å². The van der Waals surface area contributed by atoms with Crippen molar-refractivity contribution >= 4 is 6.09 Å². The highest BCUT2D eigenvalue weighted by atomic mass is 19.1. The summed E-state index contributed by atoms with van der Waals surface area (Å²) in [7, 11) is 0. The van der Waals surface area contributed by atoms with Gasteiger partial charge in [-0.15, -0.1) is 0 Å². The normalized spacial score (nSPS) is 12.9.